The Bertz CT molecular complexity index is 566. The summed E-state index contributed by atoms with van der Waals surface area (Å²) in [6.07, 6.45) is 1.07. The van der Waals surface area contributed by atoms with Crippen LogP contribution < -0.4 is 10.6 Å². The molecule has 0 saturated carbocycles. The molecule has 0 unspecified atom stereocenters. The molecule has 2 aromatic carbocycles. The second kappa shape index (κ2) is 3.97. The standard InChI is InChI=1S/C14H13ClN2/c15-12-9-11(16)5-6-14(12)17-8-7-10-3-1-2-4-13(10)17/h1-6,9H,7-8,16H2. The zero-order chi connectivity index (χ0) is 11.8. The van der Waals surface area contributed by atoms with E-state index in [9.17, 15) is 0 Å². The van der Waals surface area contributed by atoms with E-state index in [1.807, 2.05) is 12.1 Å². The third kappa shape index (κ3) is 1.75. The molecule has 0 atom stereocenters. The quantitative estimate of drug-likeness (QED) is 0.777. The number of hydrogen-bond acceptors (Lipinski definition) is 2. The van der Waals surface area contributed by atoms with Crippen molar-refractivity contribution in [1.82, 2.24) is 0 Å². The normalized spacial score (nSPS) is 13.8. The second-order valence-electron chi connectivity index (χ2n) is 4.24. The molecule has 0 aliphatic carbocycles. The number of anilines is 3. The molecule has 0 fully saturated rings. The summed E-state index contributed by atoms with van der Waals surface area (Å²) in [5.41, 5.74) is 10.1. The number of benzene rings is 2. The number of rotatable bonds is 1. The van der Waals surface area contributed by atoms with Crippen molar-refractivity contribution >= 4 is 28.7 Å². The van der Waals surface area contributed by atoms with Gasteiger partial charge in [-0.2, -0.15) is 0 Å². The Morgan fingerprint density at radius 3 is 2.71 bits per heavy atom. The molecule has 0 radical (unpaired) electrons. The Morgan fingerprint density at radius 1 is 1.06 bits per heavy atom. The van der Waals surface area contributed by atoms with E-state index < -0.39 is 0 Å². The van der Waals surface area contributed by atoms with Crippen LogP contribution in [-0.4, -0.2) is 6.54 Å². The Kier molecular flexibility index (Phi) is 2.45. The minimum Gasteiger partial charge on any atom is -0.399 e. The van der Waals surface area contributed by atoms with Crippen molar-refractivity contribution in [2.24, 2.45) is 0 Å². The van der Waals surface area contributed by atoms with Crippen LogP contribution in [0.2, 0.25) is 5.02 Å². The first-order valence-electron chi connectivity index (χ1n) is 5.66. The van der Waals surface area contributed by atoms with E-state index in [-0.39, 0.29) is 0 Å². The Balaban J connectivity index is 2.07. The summed E-state index contributed by atoms with van der Waals surface area (Å²) in [4.78, 5) is 2.25. The summed E-state index contributed by atoms with van der Waals surface area (Å²) in [6.45, 7) is 0.975. The molecule has 1 aliphatic rings. The van der Waals surface area contributed by atoms with Gasteiger partial charge in [0.2, 0.25) is 0 Å². The predicted octanol–water partition coefficient (Wildman–Crippen LogP) is 3.62. The van der Waals surface area contributed by atoms with E-state index in [0.29, 0.717) is 10.7 Å². The van der Waals surface area contributed by atoms with E-state index in [0.717, 1.165) is 18.7 Å². The molecule has 2 nitrogen and oxygen atoms in total. The molecule has 17 heavy (non-hydrogen) atoms. The lowest BCUT2D eigenvalue weighted by Gasteiger charge is -2.21. The zero-order valence-electron chi connectivity index (χ0n) is 9.36. The van der Waals surface area contributed by atoms with Crippen LogP contribution in [0.3, 0.4) is 0 Å². The highest BCUT2D eigenvalue weighted by atomic mass is 35.5. The van der Waals surface area contributed by atoms with Gasteiger partial charge in [0.1, 0.15) is 0 Å². The summed E-state index contributed by atoms with van der Waals surface area (Å²) < 4.78 is 0. The second-order valence-corrected chi connectivity index (χ2v) is 4.65. The van der Waals surface area contributed by atoms with Crippen LogP contribution in [-0.2, 0) is 6.42 Å². The van der Waals surface area contributed by atoms with Gasteiger partial charge in [-0.15, -0.1) is 0 Å². The van der Waals surface area contributed by atoms with Gasteiger partial charge in [0.25, 0.3) is 0 Å². The Morgan fingerprint density at radius 2 is 1.88 bits per heavy atom. The van der Waals surface area contributed by atoms with Crippen molar-refractivity contribution in [3.8, 4) is 0 Å². The first kappa shape index (κ1) is 10.5. The lowest BCUT2D eigenvalue weighted by Crippen LogP contribution is -2.13. The van der Waals surface area contributed by atoms with E-state index in [1.54, 1.807) is 6.07 Å². The number of halogens is 1. The first-order valence-corrected chi connectivity index (χ1v) is 6.04. The molecule has 2 aromatic rings. The molecular formula is C14H13ClN2. The number of fused-ring (bicyclic) bond motifs is 1. The monoisotopic (exact) mass is 244 g/mol. The van der Waals surface area contributed by atoms with Crippen LogP contribution in [0.25, 0.3) is 0 Å². The van der Waals surface area contributed by atoms with E-state index >= 15 is 0 Å². The van der Waals surface area contributed by atoms with Gasteiger partial charge in [0.15, 0.2) is 0 Å². The highest BCUT2D eigenvalue weighted by Gasteiger charge is 2.21. The average Bonchev–Trinajstić information content (AvgIpc) is 2.73. The number of nitrogen functional groups attached to an aromatic ring is 1. The van der Waals surface area contributed by atoms with Crippen LogP contribution in [0, 0.1) is 0 Å². The molecule has 2 N–H and O–H groups in total. The smallest absolute Gasteiger partial charge is 0.0663 e. The van der Waals surface area contributed by atoms with Gasteiger partial charge < -0.3 is 10.6 Å². The molecule has 0 saturated heterocycles. The molecular weight excluding hydrogens is 232 g/mol. The lowest BCUT2D eigenvalue weighted by atomic mass is 10.2. The van der Waals surface area contributed by atoms with Crippen LogP contribution in [0.4, 0.5) is 17.1 Å². The van der Waals surface area contributed by atoms with Crippen LogP contribution >= 0.6 is 11.6 Å². The molecule has 86 valence electrons. The number of para-hydroxylation sites is 1. The molecule has 0 amide bonds. The van der Waals surface area contributed by atoms with Gasteiger partial charge in [-0.25, -0.2) is 0 Å². The fourth-order valence-electron chi connectivity index (χ4n) is 2.33. The van der Waals surface area contributed by atoms with Gasteiger partial charge >= 0.3 is 0 Å². The van der Waals surface area contributed by atoms with Crippen molar-refractivity contribution in [3.63, 3.8) is 0 Å². The van der Waals surface area contributed by atoms with Crippen molar-refractivity contribution in [1.29, 1.82) is 0 Å². The van der Waals surface area contributed by atoms with Gasteiger partial charge in [0.05, 0.1) is 10.7 Å². The molecule has 3 rings (SSSR count). The summed E-state index contributed by atoms with van der Waals surface area (Å²) in [5, 5.41) is 0.710. The van der Waals surface area contributed by atoms with Crippen molar-refractivity contribution in [2.45, 2.75) is 6.42 Å². The third-order valence-corrected chi connectivity index (χ3v) is 3.45. The van der Waals surface area contributed by atoms with E-state index in [1.165, 1.54) is 11.3 Å². The fraction of sp³-hybridized carbons (Fsp3) is 0.143. The topological polar surface area (TPSA) is 29.3 Å². The molecule has 0 spiro atoms. The van der Waals surface area contributed by atoms with Gasteiger partial charge in [0, 0.05) is 17.9 Å². The van der Waals surface area contributed by atoms with Crippen LogP contribution in [0.1, 0.15) is 5.56 Å². The molecule has 0 aromatic heterocycles. The maximum absolute atomic E-state index is 6.25. The zero-order valence-corrected chi connectivity index (χ0v) is 10.1. The maximum Gasteiger partial charge on any atom is 0.0663 e. The van der Waals surface area contributed by atoms with E-state index in [4.69, 9.17) is 17.3 Å². The van der Waals surface area contributed by atoms with Crippen molar-refractivity contribution < 1.29 is 0 Å². The Hall–Kier alpha value is -1.67. The minimum atomic E-state index is 0.700. The SMILES string of the molecule is Nc1ccc(N2CCc3ccccc32)c(Cl)c1. The highest BCUT2D eigenvalue weighted by Crippen LogP contribution is 2.38. The van der Waals surface area contributed by atoms with Crippen LogP contribution in [0.5, 0.6) is 0 Å². The summed E-state index contributed by atoms with van der Waals surface area (Å²) in [6, 6.07) is 14.1. The number of nitrogens with zero attached hydrogens (tertiary/aromatic N) is 1. The number of nitrogens with two attached hydrogens (primary N) is 1. The lowest BCUT2D eigenvalue weighted by molar-refractivity contribution is 0.999. The summed E-state index contributed by atoms with van der Waals surface area (Å²) in [7, 11) is 0. The van der Waals surface area contributed by atoms with Crippen molar-refractivity contribution in [3.05, 3.63) is 53.1 Å². The fourth-order valence-corrected chi connectivity index (χ4v) is 2.62. The summed E-state index contributed by atoms with van der Waals surface area (Å²) >= 11 is 6.25. The highest BCUT2D eigenvalue weighted by molar-refractivity contribution is 6.33. The molecule has 0 bridgehead atoms. The van der Waals surface area contributed by atoms with Crippen LogP contribution in [0.15, 0.2) is 42.5 Å². The van der Waals surface area contributed by atoms with Gasteiger partial charge in [-0.3, -0.25) is 0 Å². The number of hydrogen-bond donors (Lipinski definition) is 1. The third-order valence-electron chi connectivity index (χ3n) is 3.15. The van der Waals surface area contributed by atoms with Crippen molar-refractivity contribution in [2.75, 3.05) is 17.2 Å². The average molecular weight is 245 g/mol. The predicted molar refractivity (Wildman–Crippen MR) is 73.0 cm³/mol. The molecule has 1 heterocycles. The molecule has 3 heteroatoms. The minimum absolute atomic E-state index is 0.700. The summed E-state index contributed by atoms with van der Waals surface area (Å²) in [5.74, 6) is 0. The van der Waals surface area contributed by atoms with Gasteiger partial charge in [-0.05, 0) is 36.2 Å². The maximum atomic E-state index is 6.25. The molecule has 1 aliphatic heterocycles. The van der Waals surface area contributed by atoms with E-state index in [2.05, 4.69) is 29.2 Å². The van der Waals surface area contributed by atoms with Gasteiger partial charge in [-0.1, -0.05) is 29.8 Å². The largest absolute Gasteiger partial charge is 0.399 e. The Labute approximate surface area is 106 Å². The first-order chi connectivity index (χ1) is 8.25.